The molecule has 1 amide bonds. The number of carbonyl (C=O) groups excluding carboxylic acids is 1. The van der Waals surface area contributed by atoms with Gasteiger partial charge in [0.25, 0.3) is 5.91 Å². The average Bonchev–Trinajstić information content (AvgIpc) is 2.65. The summed E-state index contributed by atoms with van der Waals surface area (Å²) in [5.41, 5.74) is 5.56. The summed E-state index contributed by atoms with van der Waals surface area (Å²) in [6.45, 7) is 7.66. The maximum atomic E-state index is 12.5. The number of aryl methyl sites for hydroxylation is 1. The van der Waals surface area contributed by atoms with E-state index in [1.165, 1.54) is 7.11 Å². The fourth-order valence-electron chi connectivity index (χ4n) is 2.52. The first-order chi connectivity index (χ1) is 12.8. The zero-order chi connectivity index (χ0) is 20.0. The van der Waals surface area contributed by atoms with E-state index in [0.717, 1.165) is 11.1 Å². The molecule has 2 aromatic carbocycles. The molecule has 0 fully saturated rings. The van der Waals surface area contributed by atoms with Crippen LogP contribution in [0.15, 0.2) is 41.5 Å². The van der Waals surface area contributed by atoms with Crippen molar-refractivity contribution in [3.8, 4) is 17.2 Å². The average molecular weight is 370 g/mol. The predicted octanol–water partition coefficient (Wildman–Crippen LogP) is 3.95. The fourth-order valence-corrected chi connectivity index (χ4v) is 2.52. The van der Waals surface area contributed by atoms with Crippen molar-refractivity contribution in [3.63, 3.8) is 0 Å². The van der Waals surface area contributed by atoms with Gasteiger partial charge < -0.3 is 14.2 Å². The van der Waals surface area contributed by atoms with Gasteiger partial charge >= 0.3 is 0 Å². The van der Waals surface area contributed by atoms with Crippen molar-refractivity contribution in [2.75, 3.05) is 14.2 Å². The van der Waals surface area contributed by atoms with Crippen LogP contribution < -0.4 is 19.6 Å². The summed E-state index contributed by atoms with van der Waals surface area (Å²) in [6, 6.07) is 10.8. The van der Waals surface area contributed by atoms with Gasteiger partial charge in [0.2, 0.25) is 0 Å². The van der Waals surface area contributed by atoms with E-state index in [1.54, 1.807) is 25.3 Å². The number of amides is 1. The monoisotopic (exact) mass is 370 g/mol. The molecular formula is C21H26N2O4. The van der Waals surface area contributed by atoms with Crippen molar-refractivity contribution < 1.29 is 19.0 Å². The molecule has 0 bridgehead atoms. The van der Waals surface area contributed by atoms with E-state index in [2.05, 4.69) is 10.5 Å². The zero-order valence-corrected chi connectivity index (χ0v) is 16.6. The lowest BCUT2D eigenvalue weighted by Gasteiger charge is -2.14. The first-order valence-corrected chi connectivity index (χ1v) is 8.70. The Hall–Kier alpha value is -3.02. The van der Waals surface area contributed by atoms with E-state index in [0.29, 0.717) is 28.5 Å². The first-order valence-electron chi connectivity index (χ1n) is 8.70. The Bertz CT molecular complexity index is 844. The number of benzene rings is 2. The zero-order valence-electron chi connectivity index (χ0n) is 16.6. The Morgan fingerprint density at radius 2 is 1.67 bits per heavy atom. The first kappa shape index (κ1) is 20.3. The highest BCUT2D eigenvalue weighted by Gasteiger charge is 2.13. The van der Waals surface area contributed by atoms with Gasteiger partial charge in [0.1, 0.15) is 5.75 Å². The Morgan fingerprint density at radius 1 is 1.00 bits per heavy atom. The summed E-state index contributed by atoms with van der Waals surface area (Å²) in [6.07, 6.45) is 0.00938. The molecular weight excluding hydrogens is 344 g/mol. The normalized spacial score (nSPS) is 11.3. The minimum atomic E-state index is -0.338. The highest BCUT2D eigenvalue weighted by molar-refractivity contribution is 6.03. The Balaban J connectivity index is 2.20. The molecule has 144 valence electrons. The lowest BCUT2D eigenvalue weighted by molar-refractivity contribution is 0.0954. The highest BCUT2D eigenvalue weighted by atomic mass is 16.5. The van der Waals surface area contributed by atoms with Crippen molar-refractivity contribution >= 4 is 11.6 Å². The SMILES string of the molecule is COc1cc(C(=O)N/N=C(/C)c2cc(C)ccc2OC)ccc1OC(C)C. The van der Waals surface area contributed by atoms with Gasteiger partial charge in [-0.3, -0.25) is 4.79 Å². The summed E-state index contributed by atoms with van der Waals surface area (Å²) < 4.78 is 16.3. The van der Waals surface area contributed by atoms with Crippen LogP contribution in [0, 0.1) is 6.92 Å². The maximum absolute atomic E-state index is 12.5. The number of hydrazone groups is 1. The molecule has 27 heavy (non-hydrogen) atoms. The van der Waals surface area contributed by atoms with Gasteiger partial charge in [-0.2, -0.15) is 5.10 Å². The largest absolute Gasteiger partial charge is 0.496 e. The van der Waals surface area contributed by atoms with E-state index in [1.807, 2.05) is 45.9 Å². The summed E-state index contributed by atoms with van der Waals surface area (Å²) in [5, 5.41) is 4.21. The van der Waals surface area contributed by atoms with Gasteiger partial charge in [-0.1, -0.05) is 11.6 Å². The third-order valence-corrected chi connectivity index (χ3v) is 3.86. The van der Waals surface area contributed by atoms with Gasteiger partial charge in [0.15, 0.2) is 11.5 Å². The summed E-state index contributed by atoms with van der Waals surface area (Å²) in [4.78, 5) is 12.5. The molecule has 6 heteroatoms. The van der Waals surface area contributed by atoms with Crippen LogP contribution in [0.1, 0.15) is 42.3 Å². The fraction of sp³-hybridized carbons (Fsp3) is 0.333. The molecule has 0 aliphatic rings. The summed E-state index contributed by atoms with van der Waals surface area (Å²) >= 11 is 0. The number of carbonyl (C=O) groups is 1. The highest BCUT2D eigenvalue weighted by Crippen LogP contribution is 2.29. The molecule has 0 radical (unpaired) electrons. The van der Waals surface area contributed by atoms with Crippen LogP contribution in [0.3, 0.4) is 0 Å². The lowest BCUT2D eigenvalue weighted by Crippen LogP contribution is -2.19. The van der Waals surface area contributed by atoms with Crippen LogP contribution in [-0.2, 0) is 0 Å². The second kappa shape index (κ2) is 9.07. The number of hydrogen-bond acceptors (Lipinski definition) is 5. The minimum absolute atomic E-state index is 0.00938. The Labute approximate surface area is 160 Å². The molecule has 0 aromatic heterocycles. The Morgan fingerprint density at radius 3 is 2.30 bits per heavy atom. The van der Waals surface area contributed by atoms with Crippen LogP contribution in [0.2, 0.25) is 0 Å². The van der Waals surface area contributed by atoms with Crippen LogP contribution in [-0.4, -0.2) is 31.9 Å². The van der Waals surface area contributed by atoms with E-state index < -0.39 is 0 Å². The molecule has 0 heterocycles. The molecule has 0 saturated heterocycles. The third-order valence-electron chi connectivity index (χ3n) is 3.86. The quantitative estimate of drug-likeness (QED) is 0.592. The maximum Gasteiger partial charge on any atom is 0.271 e. The molecule has 2 rings (SSSR count). The van der Waals surface area contributed by atoms with E-state index in [4.69, 9.17) is 14.2 Å². The van der Waals surface area contributed by atoms with Crippen LogP contribution >= 0.6 is 0 Å². The molecule has 0 spiro atoms. The number of hydrogen-bond donors (Lipinski definition) is 1. The van der Waals surface area contributed by atoms with Gasteiger partial charge in [0, 0.05) is 11.1 Å². The third kappa shape index (κ3) is 5.23. The van der Waals surface area contributed by atoms with Crippen LogP contribution in [0.5, 0.6) is 17.2 Å². The second-order valence-electron chi connectivity index (χ2n) is 6.37. The summed E-state index contributed by atoms with van der Waals surface area (Å²) in [5.74, 6) is 1.45. The number of nitrogens with one attached hydrogen (secondary N) is 1. The molecule has 0 atom stereocenters. The van der Waals surface area contributed by atoms with Gasteiger partial charge in [0.05, 0.1) is 26.0 Å². The van der Waals surface area contributed by atoms with Gasteiger partial charge in [-0.15, -0.1) is 0 Å². The van der Waals surface area contributed by atoms with Crippen molar-refractivity contribution in [2.45, 2.75) is 33.8 Å². The van der Waals surface area contributed by atoms with E-state index >= 15 is 0 Å². The Kier molecular flexibility index (Phi) is 6.82. The van der Waals surface area contributed by atoms with Crippen molar-refractivity contribution in [2.24, 2.45) is 5.10 Å². The molecule has 0 aliphatic heterocycles. The van der Waals surface area contributed by atoms with Crippen molar-refractivity contribution in [3.05, 3.63) is 53.1 Å². The number of nitrogens with zero attached hydrogens (tertiary/aromatic N) is 1. The van der Waals surface area contributed by atoms with Crippen LogP contribution in [0.25, 0.3) is 0 Å². The standard InChI is InChI=1S/C21H26N2O4/c1-13(2)27-19-10-8-16(12-20(19)26-6)21(24)23-22-15(4)17-11-14(3)7-9-18(17)25-5/h7-13H,1-6H3,(H,23,24)/b22-15-. The van der Waals surface area contributed by atoms with Crippen molar-refractivity contribution in [1.29, 1.82) is 0 Å². The van der Waals surface area contributed by atoms with Crippen LogP contribution in [0.4, 0.5) is 0 Å². The number of rotatable bonds is 7. The number of methoxy groups -OCH3 is 2. The molecule has 1 N–H and O–H groups in total. The van der Waals surface area contributed by atoms with E-state index in [9.17, 15) is 4.79 Å². The molecule has 6 nitrogen and oxygen atoms in total. The molecule has 0 aliphatic carbocycles. The molecule has 2 aromatic rings. The lowest BCUT2D eigenvalue weighted by atomic mass is 10.1. The van der Waals surface area contributed by atoms with Gasteiger partial charge in [-0.25, -0.2) is 5.43 Å². The number of ether oxygens (including phenoxy) is 3. The van der Waals surface area contributed by atoms with E-state index in [-0.39, 0.29) is 12.0 Å². The van der Waals surface area contributed by atoms with Crippen molar-refractivity contribution in [1.82, 2.24) is 5.43 Å². The topological polar surface area (TPSA) is 69.2 Å². The molecule has 0 unspecified atom stereocenters. The molecule has 0 saturated carbocycles. The predicted molar refractivity (Wildman–Crippen MR) is 106 cm³/mol. The summed E-state index contributed by atoms with van der Waals surface area (Å²) in [7, 11) is 3.14. The van der Waals surface area contributed by atoms with Gasteiger partial charge in [-0.05, 0) is 58.0 Å². The smallest absolute Gasteiger partial charge is 0.271 e. The minimum Gasteiger partial charge on any atom is -0.496 e. The second-order valence-corrected chi connectivity index (χ2v) is 6.37.